The second-order valence-corrected chi connectivity index (χ2v) is 3.63. The largest absolute Gasteiger partial charge is 0.378 e. The van der Waals surface area contributed by atoms with Crippen molar-refractivity contribution < 1.29 is 9.53 Å². The molecule has 0 N–H and O–H groups in total. The molecule has 0 aromatic heterocycles. The summed E-state index contributed by atoms with van der Waals surface area (Å²) in [4.78, 5) is 11.7. The van der Waals surface area contributed by atoms with Crippen molar-refractivity contribution in [1.29, 1.82) is 0 Å². The molecule has 1 atom stereocenters. The van der Waals surface area contributed by atoms with Gasteiger partial charge in [-0.15, -0.1) is 0 Å². The number of hydrogen-bond donors (Lipinski definition) is 0. The Balaban J connectivity index is 1.95. The highest BCUT2D eigenvalue weighted by atomic mass is 16.5. The van der Waals surface area contributed by atoms with Gasteiger partial charge in [0, 0.05) is 18.6 Å². The van der Waals surface area contributed by atoms with Crippen LogP contribution in [0.5, 0.6) is 0 Å². The Labute approximate surface area is 83.9 Å². The SMILES string of the molecule is O=C(CC1CCCO1)c1ccccc1. The number of hydrogen-bond acceptors (Lipinski definition) is 2. The third-order valence-electron chi connectivity index (χ3n) is 2.53. The van der Waals surface area contributed by atoms with E-state index in [0.29, 0.717) is 6.42 Å². The van der Waals surface area contributed by atoms with Crippen molar-refractivity contribution in [1.82, 2.24) is 0 Å². The average Bonchev–Trinajstić information content (AvgIpc) is 2.72. The first-order chi connectivity index (χ1) is 6.86. The summed E-state index contributed by atoms with van der Waals surface area (Å²) in [6, 6.07) is 9.42. The first-order valence-corrected chi connectivity index (χ1v) is 5.06. The lowest BCUT2D eigenvalue weighted by atomic mass is 10.0. The first kappa shape index (κ1) is 9.41. The average molecular weight is 190 g/mol. The highest BCUT2D eigenvalue weighted by molar-refractivity contribution is 5.96. The molecular formula is C12H14O2. The van der Waals surface area contributed by atoms with Crippen molar-refractivity contribution in [3.8, 4) is 0 Å². The van der Waals surface area contributed by atoms with Gasteiger partial charge in [0.1, 0.15) is 0 Å². The van der Waals surface area contributed by atoms with Gasteiger partial charge in [0.05, 0.1) is 6.10 Å². The molecule has 0 aliphatic carbocycles. The number of Topliss-reactive ketones (excluding diaryl/α,β-unsaturated/α-hetero) is 1. The lowest BCUT2D eigenvalue weighted by Crippen LogP contribution is -2.12. The zero-order valence-corrected chi connectivity index (χ0v) is 8.11. The van der Waals surface area contributed by atoms with Crippen LogP contribution in [0.15, 0.2) is 30.3 Å². The molecule has 2 rings (SSSR count). The van der Waals surface area contributed by atoms with Gasteiger partial charge in [-0.25, -0.2) is 0 Å². The van der Waals surface area contributed by atoms with E-state index in [9.17, 15) is 4.79 Å². The van der Waals surface area contributed by atoms with E-state index < -0.39 is 0 Å². The second kappa shape index (κ2) is 4.38. The van der Waals surface area contributed by atoms with Gasteiger partial charge in [-0.1, -0.05) is 30.3 Å². The molecule has 2 nitrogen and oxygen atoms in total. The van der Waals surface area contributed by atoms with E-state index in [1.807, 2.05) is 30.3 Å². The maximum absolute atomic E-state index is 11.7. The zero-order chi connectivity index (χ0) is 9.80. The van der Waals surface area contributed by atoms with Crippen LogP contribution in [0.4, 0.5) is 0 Å². The van der Waals surface area contributed by atoms with Crippen LogP contribution in [-0.2, 0) is 4.74 Å². The van der Waals surface area contributed by atoms with E-state index in [2.05, 4.69) is 0 Å². The summed E-state index contributed by atoms with van der Waals surface area (Å²) in [5, 5.41) is 0. The van der Waals surface area contributed by atoms with Crippen LogP contribution in [0.1, 0.15) is 29.6 Å². The predicted octanol–water partition coefficient (Wildman–Crippen LogP) is 2.44. The molecule has 1 fully saturated rings. The molecule has 1 aromatic carbocycles. The molecule has 0 radical (unpaired) electrons. The predicted molar refractivity (Wildman–Crippen MR) is 54.4 cm³/mol. The fourth-order valence-corrected chi connectivity index (χ4v) is 1.75. The fourth-order valence-electron chi connectivity index (χ4n) is 1.75. The molecular weight excluding hydrogens is 176 g/mol. The minimum atomic E-state index is 0.155. The Bertz CT molecular complexity index is 299. The topological polar surface area (TPSA) is 26.3 Å². The number of carbonyl (C=O) groups is 1. The summed E-state index contributed by atoms with van der Waals surface area (Å²) < 4.78 is 5.42. The first-order valence-electron chi connectivity index (χ1n) is 5.06. The number of ether oxygens (including phenoxy) is 1. The monoisotopic (exact) mass is 190 g/mol. The Morgan fingerprint density at radius 3 is 2.79 bits per heavy atom. The van der Waals surface area contributed by atoms with Gasteiger partial charge < -0.3 is 4.74 Å². The Kier molecular flexibility index (Phi) is 2.94. The summed E-state index contributed by atoms with van der Waals surface area (Å²) >= 11 is 0. The summed E-state index contributed by atoms with van der Waals surface area (Å²) in [7, 11) is 0. The summed E-state index contributed by atoms with van der Waals surface area (Å²) in [5.41, 5.74) is 0.794. The van der Waals surface area contributed by atoms with Gasteiger partial charge in [-0.05, 0) is 12.8 Å². The third-order valence-corrected chi connectivity index (χ3v) is 2.53. The Hall–Kier alpha value is -1.15. The van der Waals surface area contributed by atoms with E-state index in [-0.39, 0.29) is 11.9 Å². The molecule has 1 aromatic rings. The van der Waals surface area contributed by atoms with Gasteiger partial charge in [-0.2, -0.15) is 0 Å². The van der Waals surface area contributed by atoms with Crippen molar-refractivity contribution in [3.05, 3.63) is 35.9 Å². The highest BCUT2D eigenvalue weighted by Gasteiger charge is 2.19. The lowest BCUT2D eigenvalue weighted by molar-refractivity contribution is 0.0775. The van der Waals surface area contributed by atoms with E-state index in [1.54, 1.807) is 0 Å². The lowest BCUT2D eigenvalue weighted by Gasteiger charge is -2.07. The maximum atomic E-state index is 11.7. The van der Waals surface area contributed by atoms with Crippen LogP contribution in [-0.4, -0.2) is 18.5 Å². The Morgan fingerprint density at radius 1 is 1.36 bits per heavy atom. The standard InChI is InChI=1S/C12H14O2/c13-12(9-11-7-4-8-14-11)10-5-2-1-3-6-10/h1-3,5-6,11H,4,7-9H2. The minimum Gasteiger partial charge on any atom is -0.378 e. The van der Waals surface area contributed by atoms with Crippen LogP contribution >= 0.6 is 0 Å². The van der Waals surface area contributed by atoms with Crippen LogP contribution in [0.2, 0.25) is 0 Å². The third kappa shape index (κ3) is 2.20. The summed E-state index contributed by atoms with van der Waals surface area (Å²) in [5.74, 6) is 0.192. The van der Waals surface area contributed by atoms with Gasteiger partial charge in [0.2, 0.25) is 0 Å². The molecule has 1 unspecified atom stereocenters. The van der Waals surface area contributed by atoms with Crippen LogP contribution in [0, 0.1) is 0 Å². The van der Waals surface area contributed by atoms with E-state index in [0.717, 1.165) is 25.0 Å². The van der Waals surface area contributed by atoms with Gasteiger partial charge in [0.15, 0.2) is 5.78 Å². The molecule has 0 amide bonds. The molecule has 2 heteroatoms. The zero-order valence-electron chi connectivity index (χ0n) is 8.11. The maximum Gasteiger partial charge on any atom is 0.165 e. The van der Waals surface area contributed by atoms with Gasteiger partial charge in [-0.3, -0.25) is 4.79 Å². The van der Waals surface area contributed by atoms with Gasteiger partial charge in [0.25, 0.3) is 0 Å². The second-order valence-electron chi connectivity index (χ2n) is 3.63. The quantitative estimate of drug-likeness (QED) is 0.684. The van der Waals surface area contributed by atoms with Crippen molar-refractivity contribution >= 4 is 5.78 Å². The van der Waals surface area contributed by atoms with E-state index in [4.69, 9.17) is 4.74 Å². The highest BCUT2D eigenvalue weighted by Crippen LogP contribution is 2.17. The van der Waals surface area contributed by atoms with Gasteiger partial charge >= 0.3 is 0 Å². The summed E-state index contributed by atoms with van der Waals surface area (Å²) in [6.45, 7) is 0.812. The molecule has 14 heavy (non-hydrogen) atoms. The molecule has 0 bridgehead atoms. The molecule has 0 spiro atoms. The van der Waals surface area contributed by atoms with Crippen LogP contribution < -0.4 is 0 Å². The minimum absolute atomic E-state index is 0.155. The Morgan fingerprint density at radius 2 is 2.14 bits per heavy atom. The smallest absolute Gasteiger partial charge is 0.165 e. The number of rotatable bonds is 3. The van der Waals surface area contributed by atoms with E-state index >= 15 is 0 Å². The number of carbonyl (C=O) groups excluding carboxylic acids is 1. The van der Waals surface area contributed by atoms with Crippen LogP contribution in [0.25, 0.3) is 0 Å². The summed E-state index contributed by atoms with van der Waals surface area (Å²) in [6.07, 6.45) is 2.80. The fraction of sp³-hybridized carbons (Fsp3) is 0.417. The van der Waals surface area contributed by atoms with Crippen LogP contribution in [0.3, 0.4) is 0 Å². The van der Waals surface area contributed by atoms with Crippen molar-refractivity contribution in [3.63, 3.8) is 0 Å². The molecule has 0 saturated carbocycles. The van der Waals surface area contributed by atoms with Crippen molar-refractivity contribution in [2.45, 2.75) is 25.4 Å². The number of benzene rings is 1. The molecule has 1 aliphatic heterocycles. The molecule has 1 aliphatic rings. The number of ketones is 1. The van der Waals surface area contributed by atoms with Crippen molar-refractivity contribution in [2.24, 2.45) is 0 Å². The molecule has 74 valence electrons. The van der Waals surface area contributed by atoms with Crippen molar-refractivity contribution in [2.75, 3.05) is 6.61 Å². The van der Waals surface area contributed by atoms with E-state index in [1.165, 1.54) is 0 Å². The normalized spacial score (nSPS) is 21.0. The molecule has 1 saturated heterocycles. The molecule has 1 heterocycles.